The lowest BCUT2D eigenvalue weighted by Crippen LogP contribution is -2.50. The molecule has 0 saturated carbocycles. The molecule has 2 unspecified atom stereocenters. The maximum absolute atomic E-state index is 11.1. The quantitative estimate of drug-likeness (QED) is 0.630. The summed E-state index contributed by atoms with van der Waals surface area (Å²) in [5.41, 5.74) is -0.347. The Bertz CT molecular complexity index is 191. The molecule has 13 heavy (non-hydrogen) atoms. The first-order chi connectivity index (χ1) is 6.00. The third kappa shape index (κ3) is 3.19. The van der Waals surface area contributed by atoms with Crippen LogP contribution in [0, 0.1) is 5.92 Å². The van der Waals surface area contributed by atoms with E-state index >= 15 is 0 Å². The maximum Gasteiger partial charge on any atom is 0.243 e. The van der Waals surface area contributed by atoms with Crippen LogP contribution in [0.2, 0.25) is 0 Å². The number of carbonyl (C=O) groups is 1. The van der Waals surface area contributed by atoms with Crippen LogP contribution >= 0.6 is 0 Å². The van der Waals surface area contributed by atoms with Crippen LogP contribution < -0.4 is 5.32 Å². The van der Waals surface area contributed by atoms with Gasteiger partial charge in [-0.15, -0.1) is 0 Å². The van der Waals surface area contributed by atoms with Crippen LogP contribution in [0.1, 0.15) is 27.2 Å². The molecule has 3 heteroatoms. The first-order valence-electron chi connectivity index (χ1n) is 4.55. The summed E-state index contributed by atoms with van der Waals surface area (Å²) in [5.74, 6) is -0.147. The van der Waals surface area contributed by atoms with Crippen molar-refractivity contribution in [1.29, 1.82) is 0 Å². The molecule has 2 atom stereocenters. The molecule has 0 aliphatic heterocycles. The van der Waals surface area contributed by atoms with Crippen LogP contribution in [0.5, 0.6) is 0 Å². The van der Waals surface area contributed by atoms with Gasteiger partial charge < -0.3 is 10.4 Å². The van der Waals surface area contributed by atoms with Gasteiger partial charge in [-0.3, -0.25) is 4.79 Å². The fourth-order valence-electron chi connectivity index (χ4n) is 1.09. The predicted molar refractivity (Wildman–Crippen MR) is 53.3 cm³/mol. The summed E-state index contributed by atoms with van der Waals surface area (Å²) < 4.78 is 0. The van der Waals surface area contributed by atoms with Crippen molar-refractivity contribution in [1.82, 2.24) is 5.32 Å². The summed E-state index contributed by atoms with van der Waals surface area (Å²) in [5, 5.41) is 11.8. The number of amides is 1. The molecule has 0 saturated heterocycles. The number of nitrogens with one attached hydrogen (secondary N) is 1. The van der Waals surface area contributed by atoms with Gasteiger partial charge in [-0.1, -0.05) is 20.4 Å². The Morgan fingerprint density at radius 2 is 2.31 bits per heavy atom. The normalized spacial score (nSPS) is 17.2. The van der Waals surface area contributed by atoms with Gasteiger partial charge in [0, 0.05) is 18.1 Å². The second-order valence-corrected chi connectivity index (χ2v) is 3.55. The minimum Gasteiger partial charge on any atom is -0.396 e. The summed E-state index contributed by atoms with van der Waals surface area (Å²) in [4.78, 5) is 11.1. The molecule has 1 amide bonds. The average molecular weight is 185 g/mol. The van der Waals surface area contributed by atoms with Crippen LogP contribution in [-0.2, 0) is 4.79 Å². The Balaban J connectivity index is 4.43. The molecule has 0 radical (unpaired) electrons. The van der Waals surface area contributed by atoms with Crippen molar-refractivity contribution in [3.05, 3.63) is 12.7 Å². The summed E-state index contributed by atoms with van der Waals surface area (Å²) in [7, 11) is 0. The minimum atomic E-state index is -0.347. The number of aliphatic hydroxyl groups is 1. The van der Waals surface area contributed by atoms with Crippen LogP contribution in [0.15, 0.2) is 12.7 Å². The summed E-state index contributed by atoms with van der Waals surface area (Å²) in [6.07, 6.45) is 2.03. The van der Waals surface area contributed by atoms with Crippen molar-refractivity contribution in [2.45, 2.75) is 32.7 Å². The van der Waals surface area contributed by atoms with Gasteiger partial charge in [0.2, 0.25) is 5.91 Å². The molecule has 0 aromatic carbocycles. The molecular weight excluding hydrogens is 166 g/mol. The Morgan fingerprint density at radius 1 is 1.77 bits per heavy atom. The zero-order valence-electron chi connectivity index (χ0n) is 8.63. The van der Waals surface area contributed by atoms with Crippen molar-refractivity contribution in [2.24, 2.45) is 5.92 Å². The number of aliphatic hydroxyl groups excluding tert-OH is 1. The van der Waals surface area contributed by atoms with Crippen LogP contribution in [-0.4, -0.2) is 23.2 Å². The van der Waals surface area contributed by atoms with E-state index in [9.17, 15) is 4.79 Å². The van der Waals surface area contributed by atoms with E-state index in [-0.39, 0.29) is 24.0 Å². The predicted octanol–water partition coefficient (Wildman–Crippen LogP) is 1.09. The zero-order valence-corrected chi connectivity index (χ0v) is 8.63. The molecule has 0 fully saturated rings. The van der Waals surface area contributed by atoms with Crippen molar-refractivity contribution in [3.8, 4) is 0 Å². The van der Waals surface area contributed by atoms with Gasteiger partial charge in [-0.05, 0) is 19.4 Å². The smallest absolute Gasteiger partial charge is 0.243 e. The first-order valence-corrected chi connectivity index (χ1v) is 4.55. The lowest BCUT2D eigenvalue weighted by atomic mass is 9.85. The van der Waals surface area contributed by atoms with Gasteiger partial charge in [0.25, 0.3) is 0 Å². The van der Waals surface area contributed by atoms with Gasteiger partial charge in [0.05, 0.1) is 0 Å². The standard InChI is InChI=1S/C10H19NO2/c1-5-9(13)11-10(4,6-2)8(3)7-12/h5,8,12H,1,6-7H2,2-4H3,(H,11,13). The maximum atomic E-state index is 11.1. The minimum absolute atomic E-state index is 0.0430. The Kier molecular flexibility index (Phi) is 4.70. The van der Waals surface area contributed by atoms with E-state index in [1.165, 1.54) is 6.08 Å². The summed E-state index contributed by atoms with van der Waals surface area (Å²) in [6, 6.07) is 0. The fraction of sp³-hybridized carbons (Fsp3) is 0.700. The molecule has 0 bridgehead atoms. The number of hydrogen-bond donors (Lipinski definition) is 2. The Hall–Kier alpha value is -0.830. The van der Waals surface area contributed by atoms with Gasteiger partial charge in [0.1, 0.15) is 0 Å². The third-order valence-corrected chi connectivity index (χ3v) is 2.69. The van der Waals surface area contributed by atoms with Crippen LogP contribution in [0.4, 0.5) is 0 Å². The molecule has 0 spiro atoms. The number of rotatable bonds is 5. The highest BCUT2D eigenvalue weighted by Crippen LogP contribution is 2.20. The van der Waals surface area contributed by atoms with Gasteiger partial charge >= 0.3 is 0 Å². The largest absolute Gasteiger partial charge is 0.396 e. The highest BCUT2D eigenvalue weighted by atomic mass is 16.3. The SMILES string of the molecule is C=CC(=O)NC(C)(CC)C(C)CO. The van der Waals surface area contributed by atoms with Gasteiger partial charge in [-0.2, -0.15) is 0 Å². The summed E-state index contributed by atoms with van der Waals surface area (Å²) >= 11 is 0. The van der Waals surface area contributed by atoms with E-state index in [0.717, 1.165) is 6.42 Å². The van der Waals surface area contributed by atoms with Gasteiger partial charge in [-0.25, -0.2) is 0 Å². The highest BCUT2D eigenvalue weighted by Gasteiger charge is 2.29. The molecule has 0 aliphatic rings. The van der Waals surface area contributed by atoms with Crippen molar-refractivity contribution in [3.63, 3.8) is 0 Å². The highest BCUT2D eigenvalue weighted by molar-refractivity contribution is 5.87. The van der Waals surface area contributed by atoms with E-state index in [1.54, 1.807) is 0 Å². The third-order valence-electron chi connectivity index (χ3n) is 2.69. The molecule has 0 aromatic heterocycles. The lowest BCUT2D eigenvalue weighted by molar-refractivity contribution is -0.119. The van der Waals surface area contributed by atoms with Crippen molar-refractivity contribution in [2.75, 3.05) is 6.61 Å². The second kappa shape index (κ2) is 5.02. The van der Waals surface area contributed by atoms with E-state index in [2.05, 4.69) is 11.9 Å². The molecular formula is C10H19NO2. The first kappa shape index (κ1) is 12.2. The topological polar surface area (TPSA) is 49.3 Å². The average Bonchev–Trinajstić information content (AvgIpc) is 2.15. The van der Waals surface area contributed by atoms with Crippen LogP contribution in [0.25, 0.3) is 0 Å². The molecule has 2 N–H and O–H groups in total. The molecule has 0 rings (SSSR count). The number of carbonyl (C=O) groups excluding carboxylic acids is 1. The number of hydrogen-bond acceptors (Lipinski definition) is 2. The summed E-state index contributed by atoms with van der Waals surface area (Å²) in [6.45, 7) is 9.28. The van der Waals surface area contributed by atoms with Crippen molar-refractivity contribution < 1.29 is 9.90 Å². The van der Waals surface area contributed by atoms with E-state index in [1.807, 2.05) is 20.8 Å². The molecule has 0 heterocycles. The van der Waals surface area contributed by atoms with Crippen LogP contribution in [0.3, 0.4) is 0 Å². The Labute approximate surface area is 79.8 Å². The van der Waals surface area contributed by atoms with E-state index in [4.69, 9.17) is 5.11 Å². The fourth-order valence-corrected chi connectivity index (χ4v) is 1.09. The van der Waals surface area contributed by atoms with Crippen molar-refractivity contribution >= 4 is 5.91 Å². The molecule has 3 nitrogen and oxygen atoms in total. The Morgan fingerprint density at radius 3 is 2.62 bits per heavy atom. The van der Waals surface area contributed by atoms with E-state index < -0.39 is 0 Å². The zero-order chi connectivity index (χ0) is 10.5. The van der Waals surface area contributed by atoms with Gasteiger partial charge in [0.15, 0.2) is 0 Å². The second-order valence-electron chi connectivity index (χ2n) is 3.55. The molecule has 0 aromatic rings. The monoisotopic (exact) mass is 185 g/mol. The molecule has 0 aliphatic carbocycles. The lowest BCUT2D eigenvalue weighted by Gasteiger charge is -2.34. The molecule has 76 valence electrons. The van der Waals surface area contributed by atoms with E-state index in [0.29, 0.717) is 0 Å².